The second-order valence-electron chi connectivity index (χ2n) is 6.31. The number of rotatable bonds is 6. The van der Waals surface area contributed by atoms with Crippen LogP contribution in [0.5, 0.6) is 0 Å². The number of aliphatic hydroxyl groups is 2. The molecule has 0 aliphatic rings. The molecule has 0 aliphatic heterocycles. The summed E-state index contributed by atoms with van der Waals surface area (Å²) in [6, 6.07) is 0.890. The maximum atomic E-state index is 13.6. The molecule has 8 nitrogen and oxygen atoms in total. The van der Waals surface area contributed by atoms with Gasteiger partial charge < -0.3 is 20.3 Å². The van der Waals surface area contributed by atoms with Crippen LogP contribution in [0, 0.1) is 21.7 Å². The standard InChI is InChI=1S/C15H20F2N2O6/c1-15(2,3)25-14(22)18-5-4-11(20)13(21)9-6-8(16)7-10(17)12(9)19(23)24/h6-7,11,13,20-21H,4-5H2,1-3H3,(H,18,22). The molecule has 0 heterocycles. The van der Waals surface area contributed by atoms with Gasteiger partial charge >= 0.3 is 11.8 Å². The quantitative estimate of drug-likeness (QED) is 0.527. The van der Waals surface area contributed by atoms with Gasteiger partial charge in [0.2, 0.25) is 5.82 Å². The van der Waals surface area contributed by atoms with Gasteiger partial charge in [-0.05, 0) is 33.3 Å². The zero-order chi connectivity index (χ0) is 19.4. The highest BCUT2D eigenvalue weighted by Gasteiger charge is 2.30. The zero-order valence-corrected chi connectivity index (χ0v) is 14.0. The van der Waals surface area contributed by atoms with Crippen molar-refractivity contribution in [3.05, 3.63) is 39.4 Å². The molecule has 0 aromatic heterocycles. The van der Waals surface area contributed by atoms with Crippen LogP contribution in [0.4, 0.5) is 19.3 Å². The normalized spacial score (nSPS) is 13.9. The number of ether oxygens (including phenoxy) is 1. The predicted molar refractivity (Wildman–Crippen MR) is 82.8 cm³/mol. The molecular weight excluding hydrogens is 342 g/mol. The lowest BCUT2D eigenvalue weighted by Gasteiger charge is -2.21. The SMILES string of the molecule is CC(C)(C)OC(=O)NCCC(O)C(O)c1cc(F)cc(F)c1[N+](=O)[O-]. The number of benzene rings is 1. The number of hydrogen-bond donors (Lipinski definition) is 3. The summed E-state index contributed by atoms with van der Waals surface area (Å²) < 4.78 is 31.8. The van der Waals surface area contributed by atoms with Gasteiger partial charge in [-0.2, -0.15) is 4.39 Å². The summed E-state index contributed by atoms with van der Waals surface area (Å²) in [5, 5.41) is 33.1. The van der Waals surface area contributed by atoms with E-state index in [1.165, 1.54) is 0 Å². The van der Waals surface area contributed by atoms with Gasteiger partial charge in [-0.25, -0.2) is 9.18 Å². The fraction of sp³-hybridized carbons (Fsp3) is 0.533. The lowest BCUT2D eigenvalue weighted by Crippen LogP contribution is -2.34. The van der Waals surface area contributed by atoms with E-state index in [0.717, 1.165) is 0 Å². The number of amides is 1. The Hall–Kier alpha value is -2.33. The first-order valence-electron chi connectivity index (χ1n) is 7.38. The van der Waals surface area contributed by atoms with Gasteiger partial charge in [0, 0.05) is 12.6 Å². The van der Waals surface area contributed by atoms with Crippen molar-refractivity contribution in [2.45, 2.75) is 45.0 Å². The summed E-state index contributed by atoms with van der Waals surface area (Å²) in [6.45, 7) is 4.84. The molecule has 0 bridgehead atoms. The molecule has 25 heavy (non-hydrogen) atoms. The largest absolute Gasteiger partial charge is 0.444 e. The first-order chi connectivity index (χ1) is 11.4. The maximum absolute atomic E-state index is 13.6. The topological polar surface area (TPSA) is 122 Å². The average molecular weight is 362 g/mol. The van der Waals surface area contributed by atoms with Crippen LogP contribution < -0.4 is 5.32 Å². The molecule has 1 aromatic rings. The van der Waals surface area contributed by atoms with Gasteiger partial charge in [-0.1, -0.05) is 0 Å². The zero-order valence-electron chi connectivity index (χ0n) is 14.0. The fourth-order valence-corrected chi connectivity index (χ4v) is 2.01. The van der Waals surface area contributed by atoms with E-state index < -0.39 is 51.7 Å². The first-order valence-corrected chi connectivity index (χ1v) is 7.38. The van der Waals surface area contributed by atoms with Crippen molar-refractivity contribution < 1.29 is 33.4 Å². The molecule has 10 heteroatoms. The number of nitrogens with zero attached hydrogens (tertiary/aromatic N) is 1. The Bertz CT molecular complexity index is 648. The Kier molecular flexibility index (Phi) is 6.77. The van der Waals surface area contributed by atoms with Crippen LogP contribution in [-0.4, -0.2) is 39.5 Å². The maximum Gasteiger partial charge on any atom is 0.407 e. The lowest BCUT2D eigenvalue weighted by atomic mass is 10.00. The van der Waals surface area contributed by atoms with Gasteiger partial charge in [0.25, 0.3) is 0 Å². The Balaban J connectivity index is 2.76. The highest BCUT2D eigenvalue weighted by molar-refractivity contribution is 5.67. The number of halogens is 2. The number of alkyl carbamates (subject to hydrolysis) is 1. The molecule has 140 valence electrons. The van der Waals surface area contributed by atoms with Gasteiger partial charge in [-0.15, -0.1) is 0 Å². The van der Waals surface area contributed by atoms with Crippen LogP contribution >= 0.6 is 0 Å². The number of nitrogens with one attached hydrogen (secondary N) is 1. The molecule has 2 atom stereocenters. The molecule has 0 spiro atoms. The van der Waals surface area contributed by atoms with Gasteiger partial charge in [0.05, 0.1) is 16.6 Å². The summed E-state index contributed by atoms with van der Waals surface area (Å²) in [5.74, 6) is -2.59. The van der Waals surface area contributed by atoms with Crippen LogP contribution in [-0.2, 0) is 4.74 Å². The average Bonchev–Trinajstić information content (AvgIpc) is 2.42. The predicted octanol–water partition coefficient (Wildman–Crippen LogP) is 2.18. The van der Waals surface area contributed by atoms with E-state index >= 15 is 0 Å². The Morgan fingerprint density at radius 2 is 1.96 bits per heavy atom. The molecule has 0 aliphatic carbocycles. The summed E-state index contributed by atoms with van der Waals surface area (Å²) >= 11 is 0. The molecule has 1 aromatic carbocycles. The van der Waals surface area contributed by atoms with Crippen LogP contribution in [0.25, 0.3) is 0 Å². The van der Waals surface area contributed by atoms with Crippen molar-refractivity contribution >= 4 is 11.8 Å². The Morgan fingerprint density at radius 3 is 2.48 bits per heavy atom. The van der Waals surface area contributed by atoms with E-state index in [-0.39, 0.29) is 13.0 Å². The monoisotopic (exact) mass is 362 g/mol. The van der Waals surface area contributed by atoms with Crippen molar-refractivity contribution in [3.63, 3.8) is 0 Å². The minimum absolute atomic E-state index is 0.126. The van der Waals surface area contributed by atoms with Crippen LogP contribution in [0.2, 0.25) is 0 Å². The Labute approximate surface area is 142 Å². The molecule has 0 radical (unpaired) electrons. The van der Waals surface area contributed by atoms with Crippen molar-refractivity contribution in [1.29, 1.82) is 0 Å². The van der Waals surface area contributed by atoms with Crippen molar-refractivity contribution in [3.8, 4) is 0 Å². The summed E-state index contributed by atoms with van der Waals surface area (Å²) in [7, 11) is 0. The van der Waals surface area contributed by atoms with E-state index in [0.29, 0.717) is 12.1 Å². The highest BCUT2D eigenvalue weighted by atomic mass is 19.1. The number of carbonyl (C=O) groups is 1. The van der Waals surface area contributed by atoms with E-state index in [4.69, 9.17) is 4.74 Å². The molecule has 0 saturated heterocycles. The summed E-state index contributed by atoms with van der Waals surface area (Å²) in [4.78, 5) is 21.2. The van der Waals surface area contributed by atoms with Crippen molar-refractivity contribution in [1.82, 2.24) is 5.32 Å². The lowest BCUT2D eigenvalue weighted by molar-refractivity contribution is -0.389. The number of nitro benzene ring substituents is 1. The third-order valence-electron chi connectivity index (χ3n) is 3.03. The third-order valence-corrected chi connectivity index (χ3v) is 3.03. The molecule has 3 N–H and O–H groups in total. The molecule has 0 saturated carbocycles. The number of carbonyl (C=O) groups excluding carboxylic acids is 1. The third kappa shape index (κ3) is 6.24. The van der Waals surface area contributed by atoms with Crippen molar-refractivity contribution in [2.75, 3.05) is 6.54 Å². The summed E-state index contributed by atoms with van der Waals surface area (Å²) in [6.07, 6.45) is -4.49. The van der Waals surface area contributed by atoms with Crippen LogP contribution in [0.15, 0.2) is 12.1 Å². The minimum atomic E-state index is -1.91. The van der Waals surface area contributed by atoms with E-state index in [9.17, 15) is 33.9 Å². The smallest absolute Gasteiger partial charge is 0.407 e. The molecule has 2 unspecified atom stereocenters. The molecular formula is C15H20F2N2O6. The molecule has 0 fully saturated rings. The van der Waals surface area contributed by atoms with E-state index in [1.807, 2.05) is 0 Å². The first kappa shape index (κ1) is 20.7. The van der Waals surface area contributed by atoms with Crippen molar-refractivity contribution in [2.24, 2.45) is 0 Å². The minimum Gasteiger partial charge on any atom is -0.444 e. The highest BCUT2D eigenvalue weighted by Crippen LogP contribution is 2.31. The second-order valence-corrected chi connectivity index (χ2v) is 6.31. The number of nitro groups is 1. The van der Waals surface area contributed by atoms with Gasteiger partial charge in [0.1, 0.15) is 17.5 Å². The van der Waals surface area contributed by atoms with Gasteiger partial charge in [-0.3, -0.25) is 10.1 Å². The number of hydrogen-bond acceptors (Lipinski definition) is 6. The molecule has 1 rings (SSSR count). The summed E-state index contributed by atoms with van der Waals surface area (Å²) in [5.41, 5.74) is -2.53. The Morgan fingerprint density at radius 1 is 1.36 bits per heavy atom. The van der Waals surface area contributed by atoms with Crippen LogP contribution in [0.1, 0.15) is 38.9 Å². The van der Waals surface area contributed by atoms with Gasteiger partial charge in [0.15, 0.2) is 0 Å². The number of aliphatic hydroxyl groups excluding tert-OH is 2. The molecule has 1 amide bonds. The van der Waals surface area contributed by atoms with Crippen LogP contribution in [0.3, 0.4) is 0 Å². The van der Waals surface area contributed by atoms with E-state index in [1.54, 1.807) is 20.8 Å². The van der Waals surface area contributed by atoms with E-state index in [2.05, 4.69) is 5.32 Å². The second kappa shape index (κ2) is 8.17. The fourth-order valence-electron chi connectivity index (χ4n) is 2.01.